The third-order valence-corrected chi connectivity index (χ3v) is 17.2. The molecule has 0 fully saturated rings. The van der Waals surface area contributed by atoms with E-state index < -0.39 is 97.5 Å². The third-order valence-electron chi connectivity index (χ3n) is 15.3. The van der Waals surface area contributed by atoms with Gasteiger partial charge in [0.1, 0.15) is 19.3 Å². The van der Waals surface area contributed by atoms with E-state index in [1.165, 1.54) is 38.5 Å². The second kappa shape index (κ2) is 72.3. The summed E-state index contributed by atoms with van der Waals surface area (Å²) in [5.41, 5.74) is 0. The number of aliphatic hydroxyl groups excluding tert-OH is 1. The minimum absolute atomic E-state index is 0.0665. The number of aliphatic hydroxyl groups is 1. The van der Waals surface area contributed by atoms with Gasteiger partial charge in [0.05, 0.1) is 26.4 Å². The maximum Gasteiger partial charge on any atom is 0.472 e. The van der Waals surface area contributed by atoms with E-state index in [1.807, 2.05) is 12.2 Å². The van der Waals surface area contributed by atoms with Gasteiger partial charge in [0.25, 0.3) is 0 Å². The quantitative estimate of drug-likeness (QED) is 0.0169. The Kier molecular flexibility index (Phi) is 68.6. The standard InChI is InChI=1S/C81H134O17P2/c1-5-9-13-17-21-25-29-32-35-37-40-43-47-50-54-58-62-66-79(84)92-72-77(98-81(86)68-64-60-56-52-48-44-41-38-36-33-30-26-22-18-14-10-6-2)74-96-100(89,90)94-70-75(82)69-93-99(87,88)95-73-76(97-80(85)67-63-59-55-51-45-28-24-20-16-12-8-4)71-91-78(83)65-61-57-53-49-46-42-39-34-31-27-23-19-15-11-7-3/h9-11,13-15,21-23,25-27,32-36,39-40,43,46,49-50,54,75-77,82H,5-8,12,16-20,24,28-31,37-38,41-42,44-45,47-48,51-53,55-74H2,1-4H3,(H,87,88)(H,89,90)/b13-9-,14-10-,15-11-,25-21-,26-22-,27-23-,35-32-,36-33-,39-34-,43-40-,49-46-,54-50-. The van der Waals surface area contributed by atoms with E-state index in [1.54, 1.807) is 0 Å². The van der Waals surface area contributed by atoms with Gasteiger partial charge in [-0.1, -0.05) is 270 Å². The van der Waals surface area contributed by atoms with Crippen molar-refractivity contribution in [3.05, 3.63) is 146 Å². The lowest BCUT2D eigenvalue weighted by Crippen LogP contribution is -2.30. The van der Waals surface area contributed by atoms with Crippen molar-refractivity contribution >= 4 is 39.5 Å². The van der Waals surface area contributed by atoms with Crippen LogP contribution in [0.4, 0.5) is 0 Å². The Morgan fingerprint density at radius 1 is 0.290 bits per heavy atom. The Morgan fingerprint density at radius 2 is 0.530 bits per heavy atom. The lowest BCUT2D eigenvalue weighted by atomic mass is 10.1. The number of rotatable bonds is 70. The lowest BCUT2D eigenvalue weighted by molar-refractivity contribution is -0.161. The van der Waals surface area contributed by atoms with Gasteiger partial charge in [-0.2, -0.15) is 0 Å². The van der Waals surface area contributed by atoms with Crippen LogP contribution < -0.4 is 0 Å². The van der Waals surface area contributed by atoms with Crippen LogP contribution in [0.5, 0.6) is 0 Å². The molecule has 17 nitrogen and oxygen atoms in total. The van der Waals surface area contributed by atoms with Crippen LogP contribution in [0.2, 0.25) is 0 Å². The lowest BCUT2D eigenvalue weighted by Gasteiger charge is -2.21. The maximum atomic E-state index is 13.1. The van der Waals surface area contributed by atoms with Gasteiger partial charge in [0.15, 0.2) is 12.2 Å². The summed E-state index contributed by atoms with van der Waals surface area (Å²) in [5.74, 6) is -2.31. The molecule has 0 amide bonds. The van der Waals surface area contributed by atoms with Crippen LogP contribution in [0.25, 0.3) is 0 Å². The number of ether oxygens (including phenoxy) is 4. The highest BCUT2D eigenvalue weighted by Crippen LogP contribution is 2.45. The largest absolute Gasteiger partial charge is 0.472 e. The first-order valence-electron chi connectivity index (χ1n) is 38.1. The van der Waals surface area contributed by atoms with Crippen molar-refractivity contribution in [1.82, 2.24) is 0 Å². The summed E-state index contributed by atoms with van der Waals surface area (Å²) in [6.07, 6.45) is 81.4. The van der Waals surface area contributed by atoms with Crippen molar-refractivity contribution in [2.75, 3.05) is 39.6 Å². The summed E-state index contributed by atoms with van der Waals surface area (Å²) < 4.78 is 68.4. The summed E-state index contributed by atoms with van der Waals surface area (Å²) >= 11 is 0. The van der Waals surface area contributed by atoms with Gasteiger partial charge < -0.3 is 33.8 Å². The second-order valence-corrected chi connectivity index (χ2v) is 27.7. The average Bonchev–Trinajstić information content (AvgIpc) is 1.00. The molecule has 3 N–H and O–H groups in total. The molecule has 0 bridgehead atoms. The second-order valence-electron chi connectivity index (χ2n) is 24.8. The molecule has 0 aliphatic rings. The molecular weight excluding hydrogens is 1310 g/mol. The minimum atomic E-state index is -5.00. The summed E-state index contributed by atoms with van der Waals surface area (Å²) in [6.45, 7) is 4.39. The molecule has 0 aliphatic carbocycles. The summed E-state index contributed by atoms with van der Waals surface area (Å²) in [7, 11) is -9.98. The molecule has 0 spiro atoms. The topological polar surface area (TPSA) is 237 Å². The van der Waals surface area contributed by atoms with Gasteiger partial charge in [0.2, 0.25) is 0 Å². The van der Waals surface area contributed by atoms with Gasteiger partial charge in [-0.15, -0.1) is 0 Å². The summed E-state index contributed by atoms with van der Waals surface area (Å²) in [4.78, 5) is 72.8. The molecule has 100 heavy (non-hydrogen) atoms. The van der Waals surface area contributed by atoms with E-state index in [2.05, 4.69) is 161 Å². The molecule has 0 saturated carbocycles. The Hall–Kier alpha value is -5.06. The van der Waals surface area contributed by atoms with Crippen molar-refractivity contribution in [3.63, 3.8) is 0 Å². The van der Waals surface area contributed by atoms with Gasteiger partial charge >= 0.3 is 39.5 Å². The van der Waals surface area contributed by atoms with E-state index in [-0.39, 0.29) is 25.7 Å². The number of hydrogen-bond donors (Lipinski definition) is 3. The number of carbonyl (C=O) groups excluding carboxylic acids is 4. The van der Waals surface area contributed by atoms with Gasteiger partial charge in [-0.05, 0) is 135 Å². The van der Waals surface area contributed by atoms with E-state index in [4.69, 9.17) is 37.0 Å². The summed E-state index contributed by atoms with van der Waals surface area (Å²) in [5, 5.41) is 10.6. The first-order chi connectivity index (χ1) is 48.7. The summed E-state index contributed by atoms with van der Waals surface area (Å²) in [6, 6.07) is 0. The van der Waals surface area contributed by atoms with Crippen molar-refractivity contribution < 1.29 is 80.2 Å². The average molecular weight is 1440 g/mol. The molecule has 0 rings (SSSR count). The molecule has 5 atom stereocenters. The Morgan fingerprint density at radius 3 is 0.860 bits per heavy atom. The zero-order valence-corrected chi connectivity index (χ0v) is 63.9. The highest BCUT2D eigenvalue weighted by Gasteiger charge is 2.30. The van der Waals surface area contributed by atoms with Crippen LogP contribution in [0.1, 0.15) is 285 Å². The highest BCUT2D eigenvalue weighted by molar-refractivity contribution is 7.47. The van der Waals surface area contributed by atoms with Crippen LogP contribution in [-0.2, 0) is 65.4 Å². The van der Waals surface area contributed by atoms with E-state index in [0.29, 0.717) is 32.1 Å². The zero-order valence-electron chi connectivity index (χ0n) is 62.1. The Labute approximate surface area is 605 Å². The minimum Gasteiger partial charge on any atom is -0.462 e. The van der Waals surface area contributed by atoms with Gasteiger partial charge in [-0.25, -0.2) is 9.13 Å². The van der Waals surface area contributed by atoms with E-state index >= 15 is 0 Å². The molecule has 0 aliphatic heterocycles. The normalized spacial score (nSPS) is 14.8. The molecular formula is C81H134O17P2. The fourth-order valence-electron chi connectivity index (χ4n) is 9.61. The van der Waals surface area contributed by atoms with Gasteiger partial charge in [-0.3, -0.25) is 37.3 Å². The van der Waals surface area contributed by atoms with Crippen LogP contribution in [0.3, 0.4) is 0 Å². The van der Waals surface area contributed by atoms with Crippen LogP contribution in [-0.4, -0.2) is 96.7 Å². The van der Waals surface area contributed by atoms with Crippen LogP contribution >= 0.6 is 15.6 Å². The number of phosphoric ester groups is 2. The zero-order chi connectivity index (χ0) is 73.2. The molecule has 0 radical (unpaired) electrons. The molecule has 0 aromatic carbocycles. The van der Waals surface area contributed by atoms with Crippen molar-refractivity contribution in [1.29, 1.82) is 0 Å². The number of esters is 4. The molecule has 570 valence electrons. The third kappa shape index (κ3) is 71.3. The Balaban J connectivity index is 5.43. The predicted molar refractivity (Wildman–Crippen MR) is 408 cm³/mol. The van der Waals surface area contributed by atoms with Crippen molar-refractivity contribution in [2.45, 2.75) is 303 Å². The van der Waals surface area contributed by atoms with Crippen molar-refractivity contribution in [2.24, 2.45) is 0 Å². The van der Waals surface area contributed by atoms with Gasteiger partial charge in [0, 0.05) is 25.7 Å². The van der Waals surface area contributed by atoms with Crippen molar-refractivity contribution in [3.8, 4) is 0 Å². The number of unbranched alkanes of at least 4 members (excludes halogenated alkanes) is 20. The smallest absolute Gasteiger partial charge is 0.462 e. The maximum absolute atomic E-state index is 13.1. The number of carbonyl (C=O) groups is 4. The molecule has 0 saturated heterocycles. The SMILES string of the molecule is CC/C=C\C/C=C\C/C=C\C/C=C\C/C=C\CCCC(=O)OCC(COP(=O)(O)OCC(O)COP(=O)(O)OCC(COC(=O)CCCC/C=C\C/C=C\C/C=C\C/C=C\CC)OC(=O)CCCCCCCCCCCCC)OC(=O)CCCCCCCCC/C=C\C/C=C\C/C=C\CC. The molecule has 5 unspecified atom stereocenters. The fraction of sp³-hybridized carbons (Fsp3) is 0.654. The van der Waals surface area contributed by atoms with Crippen LogP contribution in [0, 0.1) is 0 Å². The Bertz CT molecular complexity index is 2470. The monoisotopic (exact) mass is 1440 g/mol. The molecule has 0 aromatic rings. The predicted octanol–water partition coefficient (Wildman–Crippen LogP) is 21.9. The first-order valence-corrected chi connectivity index (χ1v) is 41.1. The first kappa shape index (κ1) is 94.9. The number of allylic oxidation sites excluding steroid dienone is 24. The number of phosphoric acid groups is 2. The molecule has 0 heterocycles. The highest BCUT2D eigenvalue weighted by atomic mass is 31.2. The molecule has 19 heteroatoms. The number of hydrogen-bond acceptors (Lipinski definition) is 15. The van der Waals surface area contributed by atoms with E-state index in [0.717, 1.165) is 161 Å². The van der Waals surface area contributed by atoms with Crippen LogP contribution in [0.15, 0.2) is 146 Å². The van der Waals surface area contributed by atoms with E-state index in [9.17, 15) is 43.2 Å². The molecule has 0 aromatic heterocycles. The fourth-order valence-corrected chi connectivity index (χ4v) is 11.2.